The largest absolute Gasteiger partial charge is 0.545 e. The number of nitro benzene ring substituents is 1. The van der Waals surface area contributed by atoms with E-state index < -0.39 is 10.9 Å². The summed E-state index contributed by atoms with van der Waals surface area (Å²) in [5, 5.41) is 21.0. The van der Waals surface area contributed by atoms with Crippen LogP contribution in [0.25, 0.3) is 0 Å². The summed E-state index contributed by atoms with van der Waals surface area (Å²) in [6, 6.07) is 3.61. The lowest BCUT2D eigenvalue weighted by Crippen LogP contribution is -2.23. The zero-order valence-corrected chi connectivity index (χ0v) is 7.52. The molecule has 0 unspecified atom stereocenters. The molecule has 1 rings (SSSR count). The monoisotopic (exact) mass is 194 g/mol. The topological polar surface area (TPSA) is 83.3 Å². The van der Waals surface area contributed by atoms with Crippen molar-refractivity contribution in [2.75, 3.05) is 0 Å². The zero-order valence-electron chi connectivity index (χ0n) is 7.52. The Morgan fingerprint density at radius 3 is 2.57 bits per heavy atom. The van der Waals surface area contributed by atoms with Gasteiger partial charge in [-0.1, -0.05) is 6.92 Å². The molecule has 0 atom stereocenters. The summed E-state index contributed by atoms with van der Waals surface area (Å²) < 4.78 is 0. The summed E-state index contributed by atoms with van der Waals surface area (Å²) in [4.78, 5) is 20.4. The molecule has 5 nitrogen and oxygen atoms in total. The van der Waals surface area contributed by atoms with Gasteiger partial charge in [0.05, 0.1) is 10.9 Å². The van der Waals surface area contributed by atoms with Gasteiger partial charge in [0.15, 0.2) is 0 Å². The Kier molecular flexibility index (Phi) is 2.81. The normalized spacial score (nSPS) is 9.79. The van der Waals surface area contributed by atoms with Crippen LogP contribution in [0, 0.1) is 10.1 Å². The van der Waals surface area contributed by atoms with Crippen LogP contribution in [0.4, 0.5) is 5.69 Å². The number of nitro groups is 1. The first-order valence-corrected chi connectivity index (χ1v) is 4.05. The van der Waals surface area contributed by atoms with Crippen molar-refractivity contribution >= 4 is 11.7 Å². The lowest BCUT2D eigenvalue weighted by atomic mass is 10.0. The number of rotatable bonds is 3. The standard InChI is InChI=1S/C9H9NO4/c1-2-6-5-7(10(13)14)3-4-8(6)9(11)12/h3-5H,2H2,1H3,(H,11,12)/p-1. The van der Waals surface area contributed by atoms with E-state index in [0.717, 1.165) is 6.07 Å². The van der Waals surface area contributed by atoms with Gasteiger partial charge >= 0.3 is 0 Å². The van der Waals surface area contributed by atoms with Crippen LogP contribution in [-0.2, 0) is 6.42 Å². The molecule has 0 spiro atoms. The molecule has 14 heavy (non-hydrogen) atoms. The second kappa shape index (κ2) is 3.87. The minimum atomic E-state index is -1.31. The van der Waals surface area contributed by atoms with Gasteiger partial charge < -0.3 is 9.90 Å². The third kappa shape index (κ3) is 1.87. The average molecular weight is 194 g/mol. The lowest BCUT2D eigenvalue weighted by molar-refractivity contribution is -0.384. The smallest absolute Gasteiger partial charge is 0.269 e. The highest BCUT2D eigenvalue weighted by atomic mass is 16.6. The van der Waals surface area contributed by atoms with Gasteiger partial charge in [-0.2, -0.15) is 0 Å². The molecule has 0 amide bonds. The van der Waals surface area contributed by atoms with Crippen molar-refractivity contribution in [1.29, 1.82) is 0 Å². The summed E-state index contributed by atoms with van der Waals surface area (Å²) in [6.45, 7) is 1.73. The molecule has 0 N–H and O–H groups in total. The van der Waals surface area contributed by atoms with Crippen molar-refractivity contribution in [3.05, 3.63) is 39.4 Å². The molecule has 0 aromatic heterocycles. The SMILES string of the molecule is CCc1cc([N+](=O)[O-])ccc1C(=O)[O-]. The number of nitrogens with zero attached hydrogens (tertiary/aromatic N) is 1. The number of hydrogen-bond acceptors (Lipinski definition) is 4. The Morgan fingerprint density at radius 2 is 2.14 bits per heavy atom. The van der Waals surface area contributed by atoms with E-state index in [9.17, 15) is 20.0 Å². The molecule has 0 fully saturated rings. The highest BCUT2D eigenvalue weighted by molar-refractivity contribution is 5.88. The van der Waals surface area contributed by atoms with Crippen molar-refractivity contribution in [3.8, 4) is 0 Å². The fraction of sp³-hybridized carbons (Fsp3) is 0.222. The highest BCUT2D eigenvalue weighted by Gasteiger charge is 2.09. The number of hydrogen-bond donors (Lipinski definition) is 0. The van der Waals surface area contributed by atoms with Crippen molar-refractivity contribution in [3.63, 3.8) is 0 Å². The van der Waals surface area contributed by atoms with Crippen molar-refractivity contribution < 1.29 is 14.8 Å². The maximum Gasteiger partial charge on any atom is 0.269 e. The molecule has 0 heterocycles. The average Bonchev–Trinajstić information content (AvgIpc) is 2.16. The van der Waals surface area contributed by atoms with E-state index in [1.807, 2.05) is 0 Å². The molecule has 0 bridgehead atoms. The van der Waals surface area contributed by atoms with Gasteiger partial charge in [0, 0.05) is 17.7 Å². The molecular formula is C9H8NO4-. The van der Waals surface area contributed by atoms with Crippen LogP contribution in [0.2, 0.25) is 0 Å². The third-order valence-electron chi connectivity index (χ3n) is 1.90. The van der Waals surface area contributed by atoms with Crippen LogP contribution in [0.5, 0.6) is 0 Å². The third-order valence-corrected chi connectivity index (χ3v) is 1.90. The van der Waals surface area contributed by atoms with E-state index in [4.69, 9.17) is 0 Å². The maximum atomic E-state index is 10.6. The van der Waals surface area contributed by atoms with Gasteiger partial charge in [-0.25, -0.2) is 0 Å². The number of non-ortho nitro benzene ring substituents is 1. The zero-order chi connectivity index (χ0) is 10.7. The number of carboxylic acids is 1. The summed E-state index contributed by atoms with van der Waals surface area (Å²) in [6.07, 6.45) is 0.422. The fourth-order valence-electron chi connectivity index (χ4n) is 1.19. The number of benzene rings is 1. The predicted octanol–water partition coefficient (Wildman–Crippen LogP) is 0.521. The molecule has 0 saturated carbocycles. The number of aromatic carboxylic acids is 1. The quantitative estimate of drug-likeness (QED) is 0.518. The number of aryl methyl sites for hydroxylation is 1. The number of carbonyl (C=O) groups is 1. The van der Waals surface area contributed by atoms with Gasteiger partial charge in [0.25, 0.3) is 5.69 Å². The van der Waals surface area contributed by atoms with E-state index >= 15 is 0 Å². The minimum Gasteiger partial charge on any atom is -0.545 e. The van der Waals surface area contributed by atoms with Gasteiger partial charge in [-0.3, -0.25) is 10.1 Å². The first kappa shape index (κ1) is 10.2. The van der Waals surface area contributed by atoms with E-state index in [-0.39, 0.29) is 11.3 Å². The second-order valence-corrected chi connectivity index (χ2v) is 2.74. The molecular weight excluding hydrogens is 186 g/mol. The van der Waals surface area contributed by atoms with Crippen molar-refractivity contribution in [1.82, 2.24) is 0 Å². The maximum absolute atomic E-state index is 10.6. The first-order chi connectivity index (χ1) is 6.56. The Morgan fingerprint density at radius 1 is 1.50 bits per heavy atom. The van der Waals surface area contributed by atoms with Gasteiger partial charge in [-0.05, 0) is 18.1 Å². The summed E-state index contributed by atoms with van der Waals surface area (Å²) in [5.41, 5.74) is 0.323. The predicted molar refractivity (Wildman–Crippen MR) is 46.8 cm³/mol. The Labute approximate surface area is 80.1 Å². The molecule has 1 aromatic carbocycles. The molecule has 1 aromatic rings. The van der Waals surface area contributed by atoms with Gasteiger partial charge in [-0.15, -0.1) is 0 Å². The van der Waals surface area contributed by atoms with Crippen LogP contribution < -0.4 is 5.11 Å². The van der Waals surface area contributed by atoms with E-state index in [2.05, 4.69) is 0 Å². The fourth-order valence-corrected chi connectivity index (χ4v) is 1.19. The Bertz CT molecular complexity index is 386. The summed E-state index contributed by atoms with van der Waals surface area (Å²) >= 11 is 0. The molecule has 0 radical (unpaired) electrons. The molecule has 0 aliphatic heterocycles. The number of carboxylic acid groups (broad SMARTS) is 1. The molecule has 5 heteroatoms. The summed E-state index contributed by atoms with van der Waals surface area (Å²) in [7, 11) is 0. The van der Waals surface area contributed by atoms with Crippen LogP contribution in [-0.4, -0.2) is 10.9 Å². The lowest BCUT2D eigenvalue weighted by Gasteiger charge is -2.07. The summed E-state index contributed by atoms with van der Waals surface area (Å²) in [5.74, 6) is -1.31. The molecule has 74 valence electrons. The van der Waals surface area contributed by atoms with Crippen molar-refractivity contribution in [2.24, 2.45) is 0 Å². The van der Waals surface area contributed by atoms with E-state index in [1.54, 1.807) is 6.92 Å². The van der Waals surface area contributed by atoms with Crippen LogP contribution in [0.1, 0.15) is 22.8 Å². The highest BCUT2D eigenvalue weighted by Crippen LogP contribution is 2.17. The molecule has 0 saturated heterocycles. The van der Waals surface area contributed by atoms with Gasteiger partial charge in [0.1, 0.15) is 0 Å². The Balaban J connectivity index is 3.25. The molecule has 0 aliphatic carbocycles. The van der Waals surface area contributed by atoms with Crippen LogP contribution in [0.3, 0.4) is 0 Å². The van der Waals surface area contributed by atoms with E-state index in [0.29, 0.717) is 12.0 Å². The number of carbonyl (C=O) groups excluding carboxylic acids is 1. The van der Waals surface area contributed by atoms with Crippen LogP contribution in [0.15, 0.2) is 18.2 Å². The second-order valence-electron chi connectivity index (χ2n) is 2.74. The molecule has 0 aliphatic rings. The minimum absolute atomic E-state index is 0.0121. The Hall–Kier alpha value is -1.91. The van der Waals surface area contributed by atoms with Crippen molar-refractivity contribution in [2.45, 2.75) is 13.3 Å². The van der Waals surface area contributed by atoms with Crippen LogP contribution >= 0.6 is 0 Å². The van der Waals surface area contributed by atoms with Gasteiger partial charge in [0.2, 0.25) is 0 Å². The first-order valence-electron chi connectivity index (χ1n) is 4.05. The van der Waals surface area contributed by atoms with E-state index in [1.165, 1.54) is 12.1 Å².